The van der Waals surface area contributed by atoms with Gasteiger partial charge in [-0.05, 0) is 12.1 Å². The van der Waals surface area contributed by atoms with Crippen molar-refractivity contribution in [2.45, 2.75) is 5.92 Å². The van der Waals surface area contributed by atoms with Gasteiger partial charge in [-0.3, -0.25) is 4.84 Å². The van der Waals surface area contributed by atoms with Crippen LogP contribution in [0.2, 0.25) is 0 Å². The maximum absolute atomic E-state index is 13.1. The lowest BCUT2D eigenvalue weighted by atomic mass is 10.1. The van der Waals surface area contributed by atoms with Crippen molar-refractivity contribution in [3.05, 3.63) is 34.3 Å². The molecule has 0 heterocycles. The summed E-state index contributed by atoms with van der Waals surface area (Å²) in [5.74, 6) is 1.56. The van der Waals surface area contributed by atoms with E-state index in [4.69, 9.17) is 0 Å². The minimum atomic E-state index is -3.03. The Kier molecular flexibility index (Phi) is 3.35. The third-order valence-electron chi connectivity index (χ3n) is 1.53. The first-order valence-electron chi connectivity index (χ1n) is 3.52. The SMILES string of the molecule is NOCC(F)(F)c1ccc(Br)cc1. The molecule has 1 aromatic carbocycles. The number of rotatable bonds is 3. The van der Waals surface area contributed by atoms with Crippen LogP contribution in [0.5, 0.6) is 0 Å². The van der Waals surface area contributed by atoms with Gasteiger partial charge in [0, 0.05) is 10.0 Å². The van der Waals surface area contributed by atoms with Gasteiger partial charge in [0.1, 0.15) is 6.61 Å². The average molecular weight is 252 g/mol. The third-order valence-corrected chi connectivity index (χ3v) is 2.06. The van der Waals surface area contributed by atoms with Crippen LogP contribution < -0.4 is 5.90 Å². The first-order chi connectivity index (χ1) is 6.06. The van der Waals surface area contributed by atoms with Crippen molar-refractivity contribution in [2.24, 2.45) is 5.90 Å². The fourth-order valence-electron chi connectivity index (χ4n) is 0.882. The molecule has 2 N–H and O–H groups in total. The fraction of sp³-hybridized carbons (Fsp3) is 0.250. The maximum Gasteiger partial charge on any atom is 0.298 e. The molecule has 0 aliphatic rings. The molecule has 72 valence electrons. The Morgan fingerprint density at radius 1 is 1.31 bits per heavy atom. The summed E-state index contributed by atoms with van der Waals surface area (Å²) in [4.78, 5) is 3.93. The second-order valence-electron chi connectivity index (χ2n) is 2.52. The minimum absolute atomic E-state index is 0.110. The monoisotopic (exact) mass is 251 g/mol. The van der Waals surface area contributed by atoms with Crippen LogP contribution in [0.25, 0.3) is 0 Å². The van der Waals surface area contributed by atoms with Crippen molar-refractivity contribution in [3.63, 3.8) is 0 Å². The molecule has 0 atom stereocenters. The van der Waals surface area contributed by atoms with E-state index in [9.17, 15) is 8.78 Å². The maximum atomic E-state index is 13.1. The van der Waals surface area contributed by atoms with Gasteiger partial charge in [0.25, 0.3) is 5.92 Å². The van der Waals surface area contributed by atoms with Crippen LogP contribution in [-0.2, 0) is 10.8 Å². The van der Waals surface area contributed by atoms with Gasteiger partial charge in [-0.1, -0.05) is 28.1 Å². The molecule has 0 radical (unpaired) electrons. The summed E-state index contributed by atoms with van der Waals surface area (Å²) in [5, 5.41) is 0. The average Bonchev–Trinajstić information content (AvgIpc) is 2.05. The van der Waals surface area contributed by atoms with E-state index in [2.05, 4.69) is 26.7 Å². The summed E-state index contributed by atoms with van der Waals surface area (Å²) in [6.07, 6.45) is 0. The summed E-state index contributed by atoms with van der Waals surface area (Å²) < 4.78 is 26.9. The second-order valence-corrected chi connectivity index (χ2v) is 3.44. The molecule has 0 fully saturated rings. The molecular weight excluding hydrogens is 244 g/mol. The van der Waals surface area contributed by atoms with Crippen LogP contribution in [0, 0.1) is 0 Å². The minimum Gasteiger partial charge on any atom is -0.298 e. The number of hydrogen-bond acceptors (Lipinski definition) is 2. The Morgan fingerprint density at radius 3 is 2.31 bits per heavy atom. The number of hydrogen-bond donors (Lipinski definition) is 1. The Balaban J connectivity index is 2.87. The van der Waals surface area contributed by atoms with Crippen molar-refractivity contribution in [2.75, 3.05) is 6.61 Å². The van der Waals surface area contributed by atoms with Crippen LogP contribution in [0.3, 0.4) is 0 Å². The normalized spacial score (nSPS) is 11.7. The lowest BCUT2D eigenvalue weighted by Gasteiger charge is -2.14. The fourth-order valence-corrected chi connectivity index (χ4v) is 1.15. The van der Waals surface area contributed by atoms with Gasteiger partial charge in [-0.25, -0.2) is 5.90 Å². The van der Waals surface area contributed by atoms with Gasteiger partial charge in [0.15, 0.2) is 0 Å². The van der Waals surface area contributed by atoms with Crippen LogP contribution in [0.15, 0.2) is 28.7 Å². The highest BCUT2D eigenvalue weighted by molar-refractivity contribution is 9.10. The summed E-state index contributed by atoms with van der Waals surface area (Å²) in [5.41, 5.74) is -0.110. The van der Waals surface area contributed by atoms with E-state index in [0.717, 1.165) is 4.47 Å². The molecule has 0 amide bonds. The highest BCUT2D eigenvalue weighted by atomic mass is 79.9. The molecule has 0 saturated carbocycles. The standard InChI is InChI=1S/C8H8BrF2NO/c9-7-3-1-6(2-4-7)8(10,11)5-13-12/h1-4H,5,12H2. The summed E-state index contributed by atoms with van der Waals surface area (Å²) >= 11 is 3.15. The highest BCUT2D eigenvalue weighted by Crippen LogP contribution is 2.28. The van der Waals surface area contributed by atoms with Gasteiger partial charge in [-0.15, -0.1) is 0 Å². The van der Waals surface area contributed by atoms with Crippen LogP contribution in [-0.4, -0.2) is 6.61 Å². The van der Waals surface area contributed by atoms with Gasteiger partial charge in [0.05, 0.1) is 0 Å². The lowest BCUT2D eigenvalue weighted by Crippen LogP contribution is -2.23. The molecule has 0 aliphatic carbocycles. The molecule has 2 nitrogen and oxygen atoms in total. The topological polar surface area (TPSA) is 35.2 Å². The molecule has 0 aliphatic heterocycles. The zero-order valence-electron chi connectivity index (χ0n) is 6.64. The molecule has 0 bridgehead atoms. The van der Waals surface area contributed by atoms with E-state index in [-0.39, 0.29) is 5.56 Å². The second kappa shape index (κ2) is 4.13. The molecule has 0 saturated heterocycles. The zero-order chi connectivity index (χ0) is 9.90. The predicted octanol–water partition coefficient (Wildman–Crippen LogP) is 2.43. The summed E-state index contributed by atoms with van der Waals surface area (Å²) in [6, 6.07) is 5.73. The van der Waals surface area contributed by atoms with Gasteiger partial charge in [-0.2, -0.15) is 8.78 Å². The van der Waals surface area contributed by atoms with Crippen LogP contribution in [0.1, 0.15) is 5.56 Å². The van der Waals surface area contributed by atoms with E-state index in [1.165, 1.54) is 12.1 Å². The first kappa shape index (κ1) is 10.6. The van der Waals surface area contributed by atoms with Gasteiger partial charge in [0.2, 0.25) is 0 Å². The Labute approximate surface area is 82.8 Å². The van der Waals surface area contributed by atoms with Crippen molar-refractivity contribution < 1.29 is 13.6 Å². The molecule has 13 heavy (non-hydrogen) atoms. The van der Waals surface area contributed by atoms with E-state index >= 15 is 0 Å². The molecular formula is C8H8BrF2NO. The Morgan fingerprint density at radius 2 is 1.85 bits per heavy atom. The number of halogens is 3. The van der Waals surface area contributed by atoms with E-state index in [1.807, 2.05) is 0 Å². The smallest absolute Gasteiger partial charge is 0.298 e. The van der Waals surface area contributed by atoms with Crippen LogP contribution in [0.4, 0.5) is 8.78 Å². The van der Waals surface area contributed by atoms with E-state index in [1.54, 1.807) is 12.1 Å². The number of benzene rings is 1. The van der Waals surface area contributed by atoms with E-state index in [0.29, 0.717) is 0 Å². The Hall–Kier alpha value is -0.520. The van der Waals surface area contributed by atoms with Crippen molar-refractivity contribution in [3.8, 4) is 0 Å². The molecule has 0 aromatic heterocycles. The molecule has 0 unspecified atom stereocenters. The highest BCUT2D eigenvalue weighted by Gasteiger charge is 2.31. The third kappa shape index (κ3) is 2.72. The Bertz CT molecular complexity index is 276. The largest absolute Gasteiger partial charge is 0.298 e. The molecule has 1 aromatic rings. The van der Waals surface area contributed by atoms with Crippen LogP contribution >= 0.6 is 15.9 Å². The number of alkyl halides is 2. The number of nitrogens with two attached hydrogens (primary N) is 1. The predicted molar refractivity (Wildman–Crippen MR) is 48.2 cm³/mol. The van der Waals surface area contributed by atoms with Gasteiger partial charge < -0.3 is 0 Å². The summed E-state index contributed by atoms with van der Waals surface area (Å²) in [6.45, 7) is -0.811. The quantitative estimate of drug-likeness (QED) is 0.838. The van der Waals surface area contributed by atoms with Crippen molar-refractivity contribution in [1.82, 2.24) is 0 Å². The van der Waals surface area contributed by atoms with E-state index < -0.39 is 12.5 Å². The van der Waals surface area contributed by atoms with Gasteiger partial charge >= 0.3 is 0 Å². The molecule has 0 spiro atoms. The van der Waals surface area contributed by atoms with Crippen molar-refractivity contribution in [1.29, 1.82) is 0 Å². The first-order valence-corrected chi connectivity index (χ1v) is 4.31. The zero-order valence-corrected chi connectivity index (χ0v) is 8.22. The van der Waals surface area contributed by atoms with Crippen molar-refractivity contribution >= 4 is 15.9 Å². The molecule has 1 rings (SSSR count). The molecule has 5 heteroatoms. The summed E-state index contributed by atoms with van der Waals surface area (Å²) in [7, 11) is 0. The lowest BCUT2D eigenvalue weighted by molar-refractivity contribution is -0.0837.